The Kier molecular flexibility index (Phi) is 5.15. The highest BCUT2D eigenvalue weighted by Gasteiger charge is 2.36. The molecule has 1 aliphatic rings. The Morgan fingerprint density at radius 1 is 1.22 bits per heavy atom. The number of nitrogens with one attached hydrogen (secondary N) is 1. The Hall–Kier alpha value is -2.74. The van der Waals surface area contributed by atoms with E-state index in [9.17, 15) is 4.79 Å². The Labute approximate surface area is 161 Å². The van der Waals surface area contributed by atoms with Gasteiger partial charge in [0.2, 0.25) is 0 Å². The lowest BCUT2D eigenvalue weighted by molar-refractivity contribution is 0.0633. The molecule has 1 aliphatic carbocycles. The van der Waals surface area contributed by atoms with E-state index in [1.54, 1.807) is 29.5 Å². The Morgan fingerprint density at radius 2 is 2.04 bits per heavy atom. The van der Waals surface area contributed by atoms with Gasteiger partial charge in [0.15, 0.2) is 5.06 Å². The molecule has 6 nitrogen and oxygen atoms in total. The van der Waals surface area contributed by atoms with Gasteiger partial charge in [-0.25, -0.2) is 5.43 Å². The van der Waals surface area contributed by atoms with E-state index >= 15 is 0 Å². The second-order valence-corrected chi connectivity index (χ2v) is 7.53. The molecule has 1 fully saturated rings. The quantitative estimate of drug-likeness (QED) is 0.616. The van der Waals surface area contributed by atoms with Crippen molar-refractivity contribution in [2.24, 2.45) is 5.73 Å². The first kappa shape index (κ1) is 17.7. The Bertz CT molecular complexity index is 901. The van der Waals surface area contributed by atoms with Crippen LogP contribution in [0.5, 0.6) is 10.8 Å². The number of nitrogens with two attached hydrogens (primary N) is 1. The molecule has 0 spiro atoms. The van der Waals surface area contributed by atoms with Gasteiger partial charge in [-0.05, 0) is 42.8 Å². The molecular weight excluding hydrogens is 360 g/mol. The van der Waals surface area contributed by atoms with E-state index in [-0.39, 0.29) is 18.0 Å². The van der Waals surface area contributed by atoms with E-state index in [0.717, 1.165) is 22.1 Å². The van der Waals surface area contributed by atoms with Gasteiger partial charge in [0.25, 0.3) is 5.91 Å². The average Bonchev–Trinajstić information content (AvgIpc) is 3.21. The summed E-state index contributed by atoms with van der Waals surface area (Å²) in [5.74, 6) is 0.664. The van der Waals surface area contributed by atoms with Crippen molar-refractivity contribution in [3.05, 3.63) is 77.4 Å². The van der Waals surface area contributed by atoms with Crippen LogP contribution in [-0.2, 0) is 6.54 Å². The van der Waals surface area contributed by atoms with E-state index < -0.39 is 0 Å². The van der Waals surface area contributed by atoms with Gasteiger partial charge in [-0.1, -0.05) is 18.2 Å². The van der Waals surface area contributed by atoms with Gasteiger partial charge in [0.05, 0.1) is 12.1 Å². The largest absolute Gasteiger partial charge is 0.447 e. The van der Waals surface area contributed by atoms with E-state index in [2.05, 4.69) is 10.4 Å². The molecule has 2 atom stereocenters. The van der Waals surface area contributed by atoms with Crippen LogP contribution in [0.15, 0.2) is 67.0 Å². The van der Waals surface area contributed by atoms with Crippen LogP contribution in [0.25, 0.3) is 0 Å². The number of hydrogen-bond donors (Lipinski definition) is 2. The second-order valence-electron chi connectivity index (χ2n) is 6.40. The van der Waals surface area contributed by atoms with Crippen molar-refractivity contribution < 1.29 is 9.53 Å². The summed E-state index contributed by atoms with van der Waals surface area (Å²) in [6.07, 6.45) is 4.09. The molecule has 3 N–H and O–H groups in total. The third-order valence-corrected chi connectivity index (χ3v) is 5.18. The number of amides is 1. The molecule has 138 valence electrons. The van der Waals surface area contributed by atoms with Crippen molar-refractivity contribution in [2.45, 2.75) is 25.0 Å². The lowest BCUT2D eigenvalue weighted by Gasteiger charge is -2.23. The lowest BCUT2D eigenvalue weighted by Crippen LogP contribution is -2.45. The van der Waals surface area contributed by atoms with Crippen molar-refractivity contribution in [1.82, 2.24) is 15.4 Å². The summed E-state index contributed by atoms with van der Waals surface area (Å²) in [5, 5.41) is 2.40. The number of ether oxygens (including phenoxy) is 1. The molecular formula is C20H20N4O2S. The number of hydrogen-bond acceptors (Lipinski definition) is 6. The van der Waals surface area contributed by atoms with Crippen molar-refractivity contribution in [1.29, 1.82) is 0 Å². The molecule has 4 rings (SSSR count). The second kappa shape index (κ2) is 7.87. The van der Waals surface area contributed by atoms with Crippen LogP contribution < -0.4 is 15.9 Å². The van der Waals surface area contributed by atoms with Crippen molar-refractivity contribution >= 4 is 17.2 Å². The molecule has 2 unspecified atom stereocenters. The topological polar surface area (TPSA) is 80.5 Å². The molecule has 7 heteroatoms. The molecule has 2 aromatic heterocycles. The number of aromatic nitrogens is 1. The number of benzene rings is 1. The van der Waals surface area contributed by atoms with E-state index in [4.69, 9.17) is 10.5 Å². The molecule has 2 heterocycles. The summed E-state index contributed by atoms with van der Waals surface area (Å²) in [7, 11) is 0. The van der Waals surface area contributed by atoms with E-state index in [1.807, 2.05) is 42.5 Å². The number of carbonyl (C=O) groups is 1. The highest BCUT2D eigenvalue weighted by atomic mass is 32.1. The minimum Gasteiger partial charge on any atom is -0.447 e. The molecule has 0 radical (unpaired) electrons. The van der Waals surface area contributed by atoms with Gasteiger partial charge in [0.1, 0.15) is 5.75 Å². The first-order valence-corrected chi connectivity index (χ1v) is 9.56. The maximum atomic E-state index is 12.9. The smallest absolute Gasteiger partial charge is 0.269 e. The lowest BCUT2D eigenvalue weighted by atomic mass is 10.2. The average molecular weight is 380 g/mol. The maximum absolute atomic E-state index is 12.9. The van der Waals surface area contributed by atoms with Crippen molar-refractivity contribution in [3.63, 3.8) is 0 Å². The number of rotatable bonds is 7. The summed E-state index contributed by atoms with van der Waals surface area (Å²) >= 11 is 1.51. The molecule has 0 saturated heterocycles. The van der Waals surface area contributed by atoms with Crippen LogP contribution in [0.4, 0.5) is 0 Å². The predicted octanol–water partition coefficient (Wildman–Crippen LogP) is 3.18. The first-order chi connectivity index (χ1) is 13.2. The van der Waals surface area contributed by atoms with Crippen LogP contribution in [0.3, 0.4) is 0 Å². The van der Waals surface area contributed by atoms with Gasteiger partial charge in [-0.3, -0.25) is 14.8 Å². The van der Waals surface area contributed by atoms with Crippen LogP contribution >= 0.6 is 11.3 Å². The third-order valence-electron chi connectivity index (χ3n) is 4.23. The minimum atomic E-state index is -0.124. The predicted molar refractivity (Wildman–Crippen MR) is 104 cm³/mol. The molecule has 0 aliphatic heterocycles. The highest BCUT2D eigenvalue weighted by molar-refractivity contribution is 7.13. The zero-order valence-electron chi connectivity index (χ0n) is 14.6. The van der Waals surface area contributed by atoms with Crippen LogP contribution in [0.2, 0.25) is 0 Å². The van der Waals surface area contributed by atoms with Crippen LogP contribution in [0, 0.1) is 0 Å². The molecule has 3 aromatic rings. The third kappa shape index (κ3) is 4.51. The monoisotopic (exact) mass is 380 g/mol. The standard InChI is InChI=1S/C20H20N4O2S/c21-17-11-18(17)23-24(20(25)14-5-4-10-22-12-14)13-16-8-9-19(27-16)26-15-6-2-1-3-7-15/h1-10,12,17-18,23H,11,13,21H2. The van der Waals surface area contributed by atoms with Crippen LogP contribution in [0.1, 0.15) is 21.7 Å². The molecule has 1 saturated carbocycles. The first-order valence-electron chi connectivity index (χ1n) is 8.74. The van der Waals surface area contributed by atoms with Crippen molar-refractivity contribution in [2.75, 3.05) is 0 Å². The summed E-state index contributed by atoms with van der Waals surface area (Å²) < 4.78 is 5.86. The fourth-order valence-corrected chi connectivity index (χ4v) is 3.51. The number of pyridine rings is 1. The van der Waals surface area contributed by atoms with Gasteiger partial charge in [-0.2, -0.15) is 0 Å². The summed E-state index contributed by atoms with van der Waals surface area (Å²) in [6, 6.07) is 17.3. The maximum Gasteiger partial charge on any atom is 0.269 e. The SMILES string of the molecule is NC1CC1NN(Cc1ccc(Oc2ccccc2)s1)C(=O)c1cccnc1. The summed E-state index contributed by atoms with van der Waals surface area (Å²) in [5.41, 5.74) is 9.69. The highest BCUT2D eigenvalue weighted by Crippen LogP contribution is 2.30. The molecule has 1 aromatic carbocycles. The van der Waals surface area contributed by atoms with E-state index in [0.29, 0.717) is 12.1 Å². The fraction of sp³-hybridized carbons (Fsp3) is 0.200. The van der Waals surface area contributed by atoms with Gasteiger partial charge >= 0.3 is 0 Å². The summed E-state index contributed by atoms with van der Waals surface area (Å²) in [6.45, 7) is 0.430. The number of carbonyl (C=O) groups excluding carboxylic acids is 1. The zero-order chi connectivity index (χ0) is 18.6. The Morgan fingerprint density at radius 3 is 2.74 bits per heavy atom. The van der Waals surface area contributed by atoms with Gasteiger partial charge < -0.3 is 10.5 Å². The number of thiophene rings is 1. The number of hydrazine groups is 1. The summed E-state index contributed by atoms with van der Waals surface area (Å²) in [4.78, 5) is 17.9. The van der Waals surface area contributed by atoms with Gasteiger partial charge in [-0.15, -0.1) is 11.3 Å². The van der Waals surface area contributed by atoms with Crippen LogP contribution in [-0.4, -0.2) is 28.0 Å². The minimum absolute atomic E-state index is 0.0921. The zero-order valence-corrected chi connectivity index (χ0v) is 15.4. The molecule has 0 bridgehead atoms. The van der Waals surface area contributed by atoms with Gasteiger partial charge in [0, 0.05) is 29.4 Å². The van der Waals surface area contributed by atoms with Crippen molar-refractivity contribution in [3.8, 4) is 10.8 Å². The number of nitrogens with zero attached hydrogens (tertiary/aromatic N) is 2. The molecule has 27 heavy (non-hydrogen) atoms. The van der Waals surface area contributed by atoms with E-state index in [1.165, 1.54) is 11.3 Å². The normalized spacial score (nSPS) is 18.1. The molecule has 1 amide bonds. The Balaban J connectivity index is 1.47. The number of para-hydroxylation sites is 1. The fourth-order valence-electron chi connectivity index (χ4n) is 2.64.